The molecule has 3 aromatic carbocycles. The first-order valence-electron chi connectivity index (χ1n) is 8.19. The van der Waals surface area contributed by atoms with Gasteiger partial charge in [0.1, 0.15) is 6.61 Å². The third-order valence-electron chi connectivity index (χ3n) is 4.23. The third-order valence-corrected chi connectivity index (χ3v) is 4.23. The van der Waals surface area contributed by atoms with E-state index < -0.39 is 0 Å². The van der Waals surface area contributed by atoms with Gasteiger partial charge in [0.15, 0.2) is 0 Å². The summed E-state index contributed by atoms with van der Waals surface area (Å²) in [5, 5.41) is 2.27. The first-order valence-corrected chi connectivity index (χ1v) is 8.19. The Bertz CT molecular complexity index is 850. The number of hydrogen-bond donors (Lipinski definition) is 0. The van der Waals surface area contributed by atoms with E-state index >= 15 is 0 Å². The third kappa shape index (κ3) is 3.48. The largest absolute Gasteiger partial charge is 0.457 e. The molecule has 0 atom stereocenters. The number of esters is 1. The molecule has 122 valence electrons. The van der Waals surface area contributed by atoms with E-state index in [9.17, 15) is 4.79 Å². The van der Waals surface area contributed by atoms with Crippen molar-refractivity contribution < 1.29 is 9.53 Å². The van der Waals surface area contributed by atoms with Crippen LogP contribution in [0.4, 0.5) is 0 Å². The molecule has 0 heterocycles. The van der Waals surface area contributed by atoms with Crippen molar-refractivity contribution in [3.05, 3.63) is 83.4 Å². The molecule has 2 nitrogen and oxygen atoms in total. The number of benzene rings is 3. The Hall–Kier alpha value is -2.61. The van der Waals surface area contributed by atoms with Crippen LogP contribution < -0.4 is 0 Å². The van der Waals surface area contributed by atoms with Gasteiger partial charge in [-0.05, 0) is 39.4 Å². The van der Waals surface area contributed by atoms with Crippen LogP contribution in [0.5, 0.6) is 0 Å². The molecule has 0 aliphatic rings. The van der Waals surface area contributed by atoms with Crippen LogP contribution in [0, 0.1) is 0 Å². The number of carbonyl (C=O) groups is 1. The van der Waals surface area contributed by atoms with Gasteiger partial charge in [-0.3, -0.25) is 0 Å². The lowest BCUT2D eigenvalue weighted by molar-refractivity contribution is 0.0474. The maximum atomic E-state index is 12.3. The molecule has 0 N–H and O–H groups in total. The van der Waals surface area contributed by atoms with Crippen LogP contribution in [0.1, 0.15) is 42.3 Å². The average molecular weight is 318 g/mol. The molecule has 0 radical (unpaired) electrons. The van der Waals surface area contributed by atoms with Crippen LogP contribution in [0.15, 0.2) is 66.7 Å². The second-order valence-electron chi connectivity index (χ2n) is 7.04. The minimum Gasteiger partial charge on any atom is -0.457 e. The molecule has 2 heteroatoms. The fourth-order valence-corrected chi connectivity index (χ4v) is 2.75. The highest BCUT2D eigenvalue weighted by Crippen LogP contribution is 2.23. The minimum absolute atomic E-state index is 0.0748. The van der Waals surface area contributed by atoms with E-state index in [-0.39, 0.29) is 18.0 Å². The van der Waals surface area contributed by atoms with Gasteiger partial charge in [-0.2, -0.15) is 0 Å². The number of hydrogen-bond acceptors (Lipinski definition) is 2. The van der Waals surface area contributed by atoms with E-state index in [1.807, 2.05) is 48.5 Å². The lowest BCUT2D eigenvalue weighted by atomic mass is 9.87. The van der Waals surface area contributed by atoms with Crippen molar-refractivity contribution in [2.75, 3.05) is 0 Å². The van der Waals surface area contributed by atoms with Gasteiger partial charge in [0.25, 0.3) is 0 Å². The average Bonchev–Trinajstić information content (AvgIpc) is 2.59. The van der Waals surface area contributed by atoms with Crippen molar-refractivity contribution in [1.29, 1.82) is 0 Å². The monoisotopic (exact) mass is 318 g/mol. The fourth-order valence-electron chi connectivity index (χ4n) is 2.75. The topological polar surface area (TPSA) is 26.3 Å². The highest BCUT2D eigenvalue weighted by Gasteiger charge is 2.15. The van der Waals surface area contributed by atoms with Gasteiger partial charge >= 0.3 is 5.97 Å². The summed E-state index contributed by atoms with van der Waals surface area (Å²) >= 11 is 0. The van der Waals surface area contributed by atoms with Crippen LogP contribution in [0.2, 0.25) is 0 Å². The molecular formula is C22H22O2. The minimum atomic E-state index is -0.289. The Labute approximate surface area is 143 Å². The van der Waals surface area contributed by atoms with E-state index in [0.29, 0.717) is 5.56 Å². The van der Waals surface area contributed by atoms with Crippen molar-refractivity contribution in [1.82, 2.24) is 0 Å². The maximum absolute atomic E-state index is 12.3. The van der Waals surface area contributed by atoms with E-state index in [1.54, 1.807) is 0 Å². The van der Waals surface area contributed by atoms with Crippen molar-refractivity contribution in [3.8, 4) is 0 Å². The summed E-state index contributed by atoms with van der Waals surface area (Å²) in [7, 11) is 0. The van der Waals surface area contributed by atoms with Crippen LogP contribution in [-0.2, 0) is 16.8 Å². The first-order chi connectivity index (χ1) is 11.4. The molecule has 0 aliphatic carbocycles. The summed E-state index contributed by atoms with van der Waals surface area (Å²) in [4.78, 5) is 12.3. The zero-order valence-corrected chi connectivity index (χ0v) is 14.4. The summed E-state index contributed by atoms with van der Waals surface area (Å²) in [6, 6.07) is 21.8. The molecular weight excluding hydrogens is 296 g/mol. The lowest BCUT2D eigenvalue weighted by Gasteiger charge is -2.19. The van der Waals surface area contributed by atoms with Gasteiger partial charge in [0, 0.05) is 0 Å². The SMILES string of the molecule is CC(C)(C)c1ccc(C(=O)OCc2cccc3ccccc23)cc1. The second kappa shape index (κ2) is 6.48. The quantitative estimate of drug-likeness (QED) is 0.596. The maximum Gasteiger partial charge on any atom is 0.338 e. The molecule has 0 saturated carbocycles. The van der Waals surface area contributed by atoms with Gasteiger partial charge in [0.2, 0.25) is 0 Å². The van der Waals surface area contributed by atoms with Crippen LogP contribution in [0.25, 0.3) is 10.8 Å². The molecule has 0 fully saturated rings. The van der Waals surface area contributed by atoms with Crippen molar-refractivity contribution in [2.45, 2.75) is 32.8 Å². The van der Waals surface area contributed by atoms with Gasteiger partial charge < -0.3 is 4.74 Å². The van der Waals surface area contributed by atoms with E-state index in [0.717, 1.165) is 16.3 Å². The van der Waals surface area contributed by atoms with Crippen LogP contribution >= 0.6 is 0 Å². The summed E-state index contributed by atoms with van der Waals surface area (Å²) in [5.74, 6) is -0.289. The number of fused-ring (bicyclic) bond motifs is 1. The normalized spacial score (nSPS) is 11.5. The Morgan fingerprint density at radius 1 is 0.875 bits per heavy atom. The molecule has 0 saturated heterocycles. The molecule has 24 heavy (non-hydrogen) atoms. The highest BCUT2D eigenvalue weighted by molar-refractivity contribution is 5.90. The molecule has 3 aromatic rings. The van der Waals surface area contributed by atoms with Crippen molar-refractivity contribution in [3.63, 3.8) is 0 Å². The molecule has 3 rings (SSSR count). The predicted octanol–water partition coefficient (Wildman–Crippen LogP) is 5.49. The van der Waals surface area contributed by atoms with E-state index in [2.05, 4.69) is 39.0 Å². The van der Waals surface area contributed by atoms with Gasteiger partial charge in [-0.25, -0.2) is 4.79 Å². The standard InChI is InChI=1S/C22H22O2/c1-22(2,3)19-13-11-17(12-14-19)21(23)24-15-18-9-6-8-16-7-4-5-10-20(16)18/h4-14H,15H2,1-3H3. The Morgan fingerprint density at radius 2 is 1.54 bits per heavy atom. The number of rotatable bonds is 3. The first kappa shape index (κ1) is 16.3. The number of ether oxygens (including phenoxy) is 1. The Morgan fingerprint density at radius 3 is 2.25 bits per heavy atom. The zero-order valence-electron chi connectivity index (χ0n) is 14.4. The molecule has 0 aromatic heterocycles. The lowest BCUT2D eigenvalue weighted by Crippen LogP contribution is -2.12. The second-order valence-corrected chi connectivity index (χ2v) is 7.04. The molecule has 0 unspecified atom stereocenters. The summed E-state index contributed by atoms with van der Waals surface area (Å²) in [6.07, 6.45) is 0. The van der Waals surface area contributed by atoms with Gasteiger partial charge in [-0.1, -0.05) is 75.4 Å². The highest BCUT2D eigenvalue weighted by atomic mass is 16.5. The van der Waals surface area contributed by atoms with Gasteiger partial charge in [0.05, 0.1) is 5.56 Å². The molecule has 0 aliphatic heterocycles. The summed E-state index contributed by atoms with van der Waals surface area (Å²) in [5.41, 5.74) is 2.88. The Kier molecular flexibility index (Phi) is 4.39. The van der Waals surface area contributed by atoms with Crippen LogP contribution in [-0.4, -0.2) is 5.97 Å². The molecule has 0 spiro atoms. The van der Waals surface area contributed by atoms with E-state index in [1.165, 1.54) is 5.56 Å². The Balaban J connectivity index is 1.73. The van der Waals surface area contributed by atoms with E-state index in [4.69, 9.17) is 4.74 Å². The molecule has 0 amide bonds. The number of carbonyl (C=O) groups excluding carboxylic acids is 1. The fraction of sp³-hybridized carbons (Fsp3) is 0.227. The smallest absolute Gasteiger partial charge is 0.338 e. The molecule has 0 bridgehead atoms. The zero-order chi connectivity index (χ0) is 17.2. The predicted molar refractivity (Wildman–Crippen MR) is 98.2 cm³/mol. The summed E-state index contributed by atoms with van der Waals surface area (Å²) < 4.78 is 5.51. The van der Waals surface area contributed by atoms with Gasteiger partial charge in [-0.15, -0.1) is 0 Å². The van der Waals surface area contributed by atoms with Crippen LogP contribution in [0.3, 0.4) is 0 Å². The summed E-state index contributed by atoms with van der Waals surface area (Å²) in [6.45, 7) is 6.74. The van der Waals surface area contributed by atoms with Crippen molar-refractivity contribution in [2.24, 2.45) is 0 Å². The van der Waals surface area contributed by atoms with Crippen molar-refractivity contribution >= 4 is 16.7 Å².